The highest BCUT2D eigenvalue weighted by Gasteiger charge is 2.18. The van der Waals surface area contributed by atoms with Crippen LogP contribution in [-0.4, -0.2) is 35.4 Å². The van der Waals surface area contributed by atoms with Crippen molar-refractivity contribution < 1.29 is 14.3 Å². The van der Waals surface area contributed by atoms with Crippen molar-refractivity contribution in [2.75, 3.05) is 25.3 Å². The zero-order valence-electron chi connectivity index (χ0n) is 16.8. The molecule has 0 unspecified atom stereocenters. The summed E-state index contributed by atoms with van der Waals surface area (Å²) in [6.45, 7) is 0. The molecule has 1 N–H and O–H groups in total. The Morgan fingerprint density at radius 1 is 1.13 bits per heavy atom. The zero-order chi connectivity index (χ0) is 21.8. The third-order valence-electron chi connectivity index (χ3n) is 4.46. The van der Waals surface area contributed by atoms with Crippen molar-refractivity contribution in [2.45, 2.75) is 5.16 Å². The molecule has 0 aliphatic heterocycles. The average molecular weight is 454 g/mol. The van der Waals surface area contributed by atoms with Crippen LogP contribution in [-0.2, 0) is 4.79 Å². The van der Waals surface area contributed by atoms with Gasteiger partial charge in [-0.2, -0.15) is 0 Å². The number of hydrogen-bond acceptors (Lipinski definition) is 7. The largest absolute Gasteiger partial charge is 0.497 e. The molecular weight excluding hydrogens is 434 g/mol. The third-order valence-corrected chi connectivity index (χ3v) is 6.29. The number of thioether (sulfide) groups is 1. The number of carbonyl (C=O) groups excluding carboxylic acids is 1. The molecule has 0 fully saturated rings. The SMILES string of the molecule is COc1cccc(NC(=O)CSc2nc3ccsc3c(=O)n2-c2ccccc2OC)c1. The van der Waals surface area contributed by atoms with E-state index < -0.39 is 0 Å². The second kappa shape index (κ2) is 9.23. The van der Waals surface area contributed by atoms with Crippen LogP contribution < -0.4 is 20.3 Å². The molecule has 2 aromatic heterocycles. The topological polar surface area (TPSA) is 82.5 Å². The Balaban J connectivity index is 1.65. The van der Waals surface area contributed by atoms with Gasteiger partial charge in [-0.25, -0.2) is 4.98 Å². The number of methoxy groups -OCH3 is 2. The Morgan fingerprint density at radius 3 is 2.77 bits per heavy atom. The molecule has 7 nitrogen and oxygen atoms in total. The second-order valence-electron chi connectivity index (χ2n) is 6.41. The fraction of sp³-hybridized carbons (Fsp3) is 0.136. The van der Waals surface area contributed by atoms with E-state index in [2.05, 4.69) is 10.3 Å². The zero-order valence-corrected chi connectivity index (χ0v) is 18.5. The van der Waals surface area contributed by atoms with E-state index in [1.807, 2.05) is 17.5 Å². The Bertz CT molecular complexity index is 1300. The van der Waals surface area contributed by atoms with Gasteiger partial charge in [-0.15, -0.1) is 11.3 Å². The van der Waals surface area contributed by atoms with Crippen LogP contribution in [0.4, 0.5) is 5.69 Å². The van der Waals surface area contributed by atoms with Gasteiger partial charge in [0.25, 0.3) is 5.56 Å². The van der Waals surface area contributed by atoms with Crippen molar-refractivity contribution >= 4 is 44.9 Å². The van der Waals surface area contributed by atoms with E-state index in [0.29, 0.717) is 38.2 Å². The molecule has 4 rings (SSSR count). The molecular formula is C22H19N3O4S2. The van der Waals surface area contributed by atoms with Gasteiger partial charge in [0.05, 0.1) is 31.2 Å². The number of nitrogens with one attached hydrogen (secondary N) is 1. The minimum atomic E-state index is -0.218. The molecule has 0 atom stereocenters. The lowest BCUT2D eigenvalue weighted by atomic mass is 10.3. The summed E-state index contributed by atoms with van der Waals surface area (Å²) in [7, 11) is 3.12. The highest BCUT2D eigenvalue weighted by molar-refractivity contribution is 7.99. The molecule has 31 heavy (non-hydrogen) atoms. The number of anilines is 1. The molecule has 9 heteroatoms. The maximum atomic E-state index is 13.2. The molecule has 158 valence electrons. The van der Waals surface area contributed by atoms with Gasteiger partial charge >= 0.3 is 0 Å². The molecule has 1 amide bonds. The molecule has 0 aliphatic rings. The maximum Gasteiger partial charge on any atom is 0.276 e. The fourth-order valence-electron chi connectivity index (χ4n) is 3.04. The van der Waals surface area contributed by atoms with Gasteiger partial charge in [0.1, 0.15) is 16.2 Å². The van der Waals surface area contributed by atoms with Gasteiger partial charge in [-0.3, -0.25) is 14.2 Å². The number of ether oxygens (including phenoxy) is 2. The molecule has 2 heterocycles. The van der Waals surface area contributed by atoms with Crippen LogP contribution in [0.15, 0.2) is 69.9 Å². The summed E-state index contributed by atoms with van der Waals surface area (Å²) >= 11 is 2.53. The molecule has 0 spiro atoms. The highest BCUT2D eigenvalue weighted by Crippen LogP contribution is 2.28. The molecule has 4 aromatic rings. The summed E-state index contributed by atoms with van der Waals surface area (Å²) in [6, 6.07) is 16.2. The third kappa shape index (κ3) is 4.42. The van der Waals surface area contributed by atoms with Crippen LogP contribution in [0, 0.1) is 0 Å². The number of amides is 1. The van der Waals surface area contributed by atoms with Crippen LogP contribution in [0.2, 0.25) is 0 Å². The molecule has 0 bridgehead atoms. The van der Waals surface area contributed by atoms with Gasteiger partial charge in [0, 0.05) is 11.8 Å². The second-order valence-corrected chi connectivity index (χ2v) is 8.27. The number of para-hydroxylation sites is 2. The minimum Gasteiger partial charge on any atom is -0.497 e. The Hall–Kier alpha value is -3.30. The van der Waals surface area contributed by atoms with E-state index >= 15 is 0 Å². The van der Waals surface area contributed by atoms with Gasteiger partial charge in [0.2, 0.25) is 5.91 Å². The Kier molecular flexibility index (Phi) is 6.24. The summed E-state index contributed by atoms with van der Waals surface area (Å²) in [4.78, 5) is 30.4. The van der Waals surface area contributed by atoms with Crippen LogP contribution in [0.25, 0.3) is 15.9 Å². The number of nitrogens with zero attached hydrogens (tertiary/aromatic N) is 2. The molecule has 2 aromatic carbocycles. The van der Waals surface area contributed by atoms with E-state index in [9.17, 15) is 9.59 Å². The summed E-state index contributed by atoms with van der Waals surface area (Å²) in [5, 5.41) is 5.08. The van der Waals surface area contributed by atoms with E-state index in [-0.39, 0.29) is 17.2 Å². The predicted molar refractivity (Wildman–Crippen MR) is 124 cm³/mol. The Morgan fingerprint density at radius 2 is 1.97 bits per heavy atom. The number of aromatic nitrogens is 2. The van der Waals surface area contributed by atoms with Crippen LogP contribution in [0.5, 0.6) is 11.5 Å². The number of carbonyl (C=O) groups is 1. The van der Waals surface area contributed by atoms with Gasteiger partial charge < -0.3 is 14.8 Å². The smallest absolute Gasteiger partial charge is 0.276 e. The number of hydrogen-bond donors (Lipinski definition) is 1. The lowest BCUT2D eigenvalue weighted by Crippen LogP contribution is -2.22. The molecule has 0 radical (unpaired) electrons. The summed E-state index contributed by atoms with van der Waals surface area (Å²) in [5.74, 6) is 1.06. The van der Waals surface area contributed by atoms with Crippen molar-refractivity contribution in [3.63, 3.8) is 0 Å². The van der Waals surface area contributed by atoms with Gasteiger partial charge in [-0.1, -0.05) is 30.0 Å². The lowest BCUT2D eigenvalue weighted by molar-refractivity contribution is -0.113. The minimum absolute atomic E-state index is 0.0778. The van der Waals surface area contributed by atoms with E-state index in [4.69, 9.17) is 9.47 Å². The number of fused-ring (bicyclic) bond motifs is 1. The summed E-state index contributed by atoms with van der Waals surface area (Å²) in [5.41, 5.74) is 1.62. The fourth-order valence-corrected chi connectivity index (χ4v) is 4.61. The van der Waals surface area contributed by atoms with Crippen molar-refractivity contribution in [3.05, 3.63) is 70.3 Å². The van der Waals surface area contributed by atoms with Crippen LogP contribution in [0.3, 0.4) is 0 Å². The highest BCUT2D eigenvalue weighted by atomic mass is 32.2. The van der Waals surface area contributed by atoms with Crippen LogP contribution in [0.1, 0.15) is 0 Å². The van der Waals surface area contributed by atoms with E-state index in [0.717, 1.165) is 0 Å². The summed E-state index contributed by atoms with van der Waals surface area (Å²) in [6.07, 6.45) is 0. The van der Waals surface area contributed by atoms with Crippen molar-refractivity contribution in [1.82, 2.24) is 9.55 Å². The predicted octanol–water partition coefficient (Wildman–Crippen LogP) is 4.20. The summed E-state index contributed by atoms with van der Waals surface area (Å²) < 4.78 is 12.7. The molecule has 0 saturated heterocycles. The van der Waals surface area contributed by atoms with Crippen molar-refractivity contribution in [2.24, 2.45) is 0 Å². The first-order valence-electron chi connectivity index (χ1n) is 9.31. The molecule has 0 aliphatic carbocycles. The van der Waals surface area contributed by atoms with Gasteiger partial charge in [0.15, 0.2) is 5.16 Å². The number of benzene rings is 2. The molecule has 0 saturated carbocycles. The van der Waals surface area contributed by atoms with Crippen molar-refractivity contribution in [3.8, 4) is 17.2 Å². The quantitative estimate of drug-likeness (QED) is 0.334. The van der Waals surface area contributed by atoms with Crippen LogP contribution >= 0.6 is 23.1 Å². The first-order chi connectivity index (χ1) is 15.1. The number of rotatable bonds is 7. The van der Waals surface area contributed by atoms with E-state index in [1.54, 1.807) is 56.7 Å². The lowest BCUT2D eigenvalue weighted by Gasteiger charge is -2.15. The standard InChI is InChI=1S/C22H19N3O4S2/c1-28-15-7-5-6-14(12-15)23-19(26)13-31-22-24-16-10-11-30-20(16)21(27)25(22)17-8-3-4-9-18(17)29-2/h3-12H,13H2,1-2H3,(H,23,26). The van der Waals surface area contributed by atoms with Gasteiger partial charge in [-0.05, 0) is 35.7 Å². The van der Waals surface area contributed by atoms with E-state index in [1.165, 1.54) is 27.7 Å². The Labute approximate surface area is 186 Å². The van der Waals surface area contributed by atoms with Crippen molar-refractivity contribution in [1.29, 1.82) is 0 Å². The monoisotopic (exact) mass is 453 g/mol. The first kappa shape index (κ1) is 21.0. The number of thiophene rings is 1. The normalized spacial score (nSPS) is 10.8. The average Bonchev–Trinajstić information content (AvgIpc) is 3.27. The maximum absolute atomic E-state index is 13.2. The first-order valence-corrected chi connectivity index (χ1v) is 11.2.